The van der Waals surface area contributed by atoms with Crippen LogP contribution < -0.4 is 5.32 Å². The van der Waals surface area contributed by atoms with E-state index in [0.717, 1.165) is 18.5 Å². The van der Waals surface area contributed by atoms with Crippen LogP contribution in [0.5, 0.6) is 0 Å². The van der Waals surface area contributed by atoms with Gasteiger partial charge in [0.1, 0.15) is 11.6 Å². The number of aromatic nitrogens is 2. The van der Waals surface area contributed by atoms with Gasteiger partial charge >= 0.3 is 0 Å². The van der Waals surface area contributed by atoms with Crippen molar-refractivity contribution in [3.05, 3.63) is 53.7 Å². The predicted molar refractivity (Wildman–Crippen MR) is 92.6 cm³/mol. The fraction of sp³-hybridized carbons (Fsp3) is 0.421. The van der Waals surface area contributed by atoms with Crippen molar-refractivity contribution >= 4 is 11.7 Å². The minimum atomic E-state index is -0.692. The number of nitrogens with one attached hydrogen (secondary N) is 1. The molecule has 0 radical (unpaired) electrons. The van der Waals surface area contributed by atoms with Gasteiger partial charge in [0.2, 0.25) is 5.91 Å². The number of carbonyl (C=O) groups is 1. The molecule has 1 unspecified atom stereocenters. The Labute approximate surface area is 146 Å². The Bertz CT molecular complexity index is 806. The third-order valence-electron chi connectivity index (χ3n) is 5.31. The normalized spacial score (nSPS) is 21.2. The molecule has 4 rings (SSSR count). The van der Waals surface area contributed by atoms with Gasteiger partial charge in [-0.2, -0.15) is 0 Å². The number of amides is 1. The zero-order valence-corrected chi connectivity index (χ0v) is 14.2. The number of nitrogens with zero attached hydrogens (tertiary/aromatic N) is 3. The van der Waals surface area contributed by atoms with E-state index in [1.165, 1.54) is 6.07 Å². The van der Waals surface area contributed by atoms with Crippen LogP contribution >= 0.6 is 0 Å². The Morgan fingerprint density at radius 2 is 2.12 bits per heavy atom. The van der Waals surface area contributed by atoms with Crippen molar-refractivity contribution in [2.45, 2.75) is 37.1 Å². The number of carbonyl (C=O) groups excluding carboxylic acids is 1. The van der Waals surface area contributed by atoms with Gasteiger partial charge in [-0.15, -0.1) is 0 Å². The fourth-order valence-electron chi connectivity index (χ4n) is 3.83. The van der Waals surface area contributed by atoms with Crippen LogP contribution in [0.25, 0.3) is 0 Å². The molecule has 0 bridgehead atoms. The Morgan fingerprint density at radius 1 is 1.32 bits per heavy atom. The molecule has 1 saturated heterocycles. The Balaban J connectivity index is 1.64. The van der Waals surface area contributed by atoms with E-state index in [-0.39, 0.29) is 17.8 Å². The molecular weight excluding hydrogens is 319 g/mol. The molecule has 1 aliphatic heterocycles. The molecule has 1 aromatic carbocycles. The average molecular weight is 340 g/mol. The number of halogens is 1. The van der Waals surface area contributed by atoms with E-state index in [0.29, 0.717) is 30.8 Å². The summed E-state index contributed by atoms with van der Waals surface area (Å²) >= 11 is 0. The van der Waals surface area contributed by atoms with E-state index in [2.05, 4.69) is 15.3 Å². The summed E-state index contributed by atoms with van der Waals surface area (Å²) in [6.07, 6.45) is 6.58. The van der Waals surface area contributed by atoms with Crippen LogP contribution in [0.4, 0.5) is 10.2 Å². The molecule has 130 valence electrons. The number of hydrogen-bond acceptors (Lipinski definition) is 4. The van der Waals surface area contributed by atoms with E-state index >= 15 is 0 Å². The highest BCUT2D eigenvalue weighted by molar-refractivity contribution is 5.91. The van der Waals surface area contributed by atoms with Gasteiger partial charge in [0.15, 0.2) is 0 Å². The summed E-state index contributed by atoms with van der Waals surface area (Å²) in [5.74, 6) is 0.421. The third kappa shape index (κ3) is 2.65. The van der Waals surface area contributed by atoms with Crippen molar-refractivity contribution in [2.24, 2.45) is 0 Å². The topological polar surface area (TPSA) is 58.1 Å². The summed E-state index contributed by atoms with van der Waals surface area (Å²) in [5.41, 5.74) is 0.630. The van der Waals surface area contributed by atoms with Gasteiger partial charge in [-0.25, -0.2) is 9.37 Å². The van der Waals surface area contributed by atoms with Crippen LogP contribution in [-0.4, -0.2) is 34.4 Å². The standard InChI is InChI=1S/C19H21FN4O/c1-21-17-12-22-11-15(23-17)16-7-4-10-24(16)18(25)19(8-9-19)13-5-2-3-6-14(13)20/h2-3,5-6,11-12,16H,4,7-10H2,1H3,(H,21,23). The number of benzene rings is 1. The summed E-state index contributed by atoms with van der Waals surface area (Å²) in [6.45, 7) is 0.686. The maximum atomic E-state index is 14.3. The molecular formula is C19H21FN4O. The minimum Gasteiger partial charge on any atom is -0.372 e. The molecule has 2 fully saturated rings. The molecule has 5 nitrogen and oxygen atoms in total. The van der Waals surface area contributed by atoms with E-state index in [4.69, 9.17) is 0 Å². The van der Waals surface area contributed by atoms with Crippen molar-refractivity contribution in [2.75, 3.05) is 18.9 Å². The quantitative estimate of drug-likeness (QED) is 0.929. The van der Waals surface area contributed by atoms with Crippen LogP contribution in [-0.2, 0) is 10.2 Å². The first kappa shape index (κ1) is 16.0. The maximum Gasteiger partial charge on any atom is 0.233 e. The lowest BCUT2D eigenvalue weighted by Crippen LogP contribution is -2.39. The largest absolute Gasteiger partial charge is 0.372 e. The number of hydrogen-bond donors (Lipinski definition) is 1. The summed E-state index contributed by atoms with van der Waals surface area (Å²) in [7, 11) is 1.79. The van der Waals surface area contributed by atoms with Crippen LogP contribution in [0.15, 0.2) is 36.7 Å². The first-order chi connectivity index (χ1) is 12.2. The number of likely N-dealkylation sites (tertiary alicyclic amines) is 1. The van der Waals surface area contributed by atoms with E-state index in [1.54, 1.807) is 37.6 Å². The Kier molecular flexibility index (Phi) is 3.90. The Hall–Kier alpha value is -2.50. The van der Waals surface area contributed by atoms with Gasteiger partial charge in [-0.1, -0.05) is 18.2 Å². The van der Waals surface area contributed by atoms with Crippen LogP contribution in [0.2, 0.25) is 0 Å². The molecule has 2 aliphatic rings. The number of rotatable bonds is 4. The van der Waals surface area contributed by atoms with Crippen molar-refractivity contribution in [1.29, 1.82) is 0 Å². The number of anilines is 1. The van der Waals surface area contributed by atoms with Gasteiger partial charge in [0.25, 0.3) is 0 Å². The third-order valence-corrected chi connectivity index (χ3v) is 5.31. The monoisotopic (exact) mass is 340 g/mol. The van der Waals surface area contributed by atoms with Crippen LogP contribution in [0.1, 0.15) is 43.0 Å². The molecule has 0 spiro atoms. The van der Waals surface area contributed by atoms with Crippen molar-refractivity contribution in [3.63, 3.8) is 0 Å². The molecule has 25 heavy (non-hydrogen) atoms. The first-order valence-electron chi connectivity index (χ1n) is 8.71. The van der Waals surface area contributed by atoms with Gasteiger partial charge in [0, 0.05) is 19.2 Å². The van der Waals surface area contributed by atoms with E-state index in [1.807, 2.05) is 4.90 Å². The molecule has 2 aromatic rings. The van der Waals surface area contributed by atoms with Gasteiger partial charge < -0.3 is 10.2 Å². The zero-order valence-electron chi connectivity index (χ0n) is 14.2. The fourth-order valence-corrected chi connectivity index (χ4v) is 3.83. The molecule has 1 aliphatic carbocycles. The lowest BCUT2D eigenvalue weighted by atomic mass is 9.93. The summed E-state index contributed by atoms with van der Waals surface area (Å²) in [6, 6.07) is 6.56. The van der Waals surface area contributed by atoms with Crippen LogP contribution in [0, 0.1) is 5.82 Å². The smallest absolute Gasteiger partial charge is 0.233 e. The Morgan fingerprint density at radius 3 is 2.84 bits per heavy atom. The molecule has 2 heterocycles. The van der Waals surface area contributed by atoms with Crippen LogP contribution in [0.3, 0.4) is 0 Å². The van der Waals surface area contributed by atoms with E-state index in [9.17, 15) is 9.18 Å². The summed E-state index contributed by atoms with van der Waals surface area (Å²) in [4.78, 5) is 24.0. The SMILES string of the molecule is CNc1cncc(C2CCCN2C(=O)C2(c3ccccc3F)CC2)n1. The summed E-state index contributed by atoms with van der Waals surface area (Å²) in [5, 5.41) is 2.98. The summed E-state index contributed by atoms with van der Waals surface area (Å²) < 4.78 is 14.3. The lowest BCUT2D eigenvalue weighted by molar-refractivity contribution is -0.135. The molecule has 1 N–H and O–H groups in total. The molecule has 6 heteroatoms. The minimum absolute atomic E-state index is 0.0248. The highest BCUT2D eigenvalue weighted by atomic mass is 19.1. The first-order valence-corrected chi connectivity index (χ1v) is 8.71. The molecule has 1 aromatic heterocycles. The van der Waals surface area contributed by atoms with E-state index < -0.39 is 5.41 Å². The lowest BCUT2D eigenvalue weighted by Gasteiger charge is -2.29. The maximum absolute atomic E-state index is 14.3. The van der Waals surface area contributed by atoms with Crippen molar-refractivity contribution in [3.8, 4) is 0 Å². The van der Waals surface area contributed by atoms with Crippen molar-refractivity contribution in [1.82, 2.24) is 14.9 Å². The van der Waals surface area contributed by atoms with Gasteiger partial charge in [-0.3, -0.25) is 9.78 Å². The molecule has 1 amide bonds. The second-order valence-corrected chi connectivity index (χ2v) is 6.80. The highest BCUT2D eigenvalue weighted by Crippen LogP contribution is 2.52. The molecule has 1 atom stereocenters. The second kappa shape index (κ2) is 6.10. The van der Waals surface area contributed by atoms with Crippen molar-refractivity contribution < 1.29 is 9.18 Å². The molecule has 1 saturated carbocycles. The van der Waals surface area contributed by atoms with Gasteiger partial charge in [-0.05, 0) is 31.7 Å². The average Bonchev–Trinajstić information content (AvgIpc) is 3.30. The second-order valence-electron chi connectivity index (χ2n) is 6.80. The highest BCUT2D eigenvalue weighted by Gasteiger charge is 2.55. The zero-order chi connectivity index (χ0) is 17.4. The predicted octanol–water partition coefficient (Wildman–Crippen LogP) is 3.05. The van der Waals surface area contributed by atoms with Gasteiger partial charge in [0.05, 0.1) is 29.5 Å².